The molecule has 2 aromatic heterocycles. The zero-order valence-electron chi connectivity index (χ0n) is 15.3. The number of thiophene rings is 1. The highest BCUT2D eigenvalue weighted by Crippen LogP contribution is 2.23. The molecule has 0 saturated heterocycles. The van der Waals surface area contributed by atoms with Gasteiger partial charge in [0.1, 0.15) is 25.1 Å². The maximum absolute atomic E-state index is 12.0. The Bertz CT molecular complexity index is 1050. The Labute approximate surface area is 185 Å². The van der Waals surface area contributed by atoms with Gasteiger partial charge in [0.2, 0.25) is 11.8 Å². The van der Waals surface area contributed by atoms with Crippen molar-refractivity contribution in [2.75, 3.05) is 13.1 Å². The Morgan fingerprint density at radius 2 is 1.97 bits per heavy atom. The van der Waals surface area contributed by atoms with Crippen molar-refractivity contribution in [2.24, 2.45) is 0 Å². The monoisotopic (exact) mass is 467 g/mol. The summed E-state index contributed by atoms with van der Waals surface area (Å²) in [7, 11) is 0. The Balaban J connectivity index is 1.37. The van der Waals surface area contributed by atoms with Crippen molar-refractivity contribution in [3.05, 3.63) is 63.3 Å². The van der Waals surface area contributed by atoms with Crippen LogP contribution in [0.15, 0.2) is 46.4 Å². The second-order valence-electron chi connectivity index (χ2n) is 5.87. The number of ether oxygens (including phenoxy) is 1. The van der Waals surface area contributed by atoms with Crippen molar-refractivity contribution >= 4 is 52.3 Å². The maximum atomic E-state index is 12.0. The normalized spacial score (nSPS) is 10.5. The number of rotatable bonds is 8. The number of carbonyl (C=O) groups is 3. The average molecular weight is 468 g/mol. The molecular weight excluding hydrogens is 453 g/mol. The predicted octanol–water partition coefficient (Wildman–Crippen LogP) is 3.30. The van der Waals surface area contributed by atoms with Crippen LogP contribution in [-0.2, 0) is 20.9 Å². The molecule has 0 atom stereocenters. The molecule has 1 aromatic carbocycles. The number of oxazole rings is 1. The standard InChI is InChI=1S/C19H15Cl2N3O5S/c20-11-3-4-13(14(21)6-11)18(27)23-7-16(25)22-8-17(26)28-9-12-10-29-19(24-12)15-2-1-5-30-15/h1-6,10H,7-9H2,(H,22,25)(H,23,27). The molecule has 2 heterocycles. The van der Waals surface area contributed by atoms with Crippen LogP contribution in [0.4, 0.5) is 0 Å². The lowest BCUT2D eigenvalue weighted by Crippen LogP contribution is -2.39. The highest BCUT2D eigenvalue weighted by Gasteiger charge is 2.14. The van der Waals surface area contributed by atoms with Crippen molar-refractivity contribution in [2.45, 2.75) is 6.61 Å². The summed E-state index contributed by atoms with van der Waals surface area (Å²) < 4.78 is 10.4. The van der Waals surface area contributed by atoms with Gasteiger partial charge in [0.25, 0.3) is 5.91 Å². The Hall–Kier alpha value is -2.88. The van der Waals surface area contributed by atoms with Crippen LogP contribution in [0.25, 0.3) is 10.8 Å². The molecular formula is C19H15Cl2N3O5S. The number of aromatic nitrogens is 1. The van der Waals surface area contributed by atoms with E-state index in [9.17, 15) is 14.4 Å². The Morgan fingerprint density at radius 3 is 2.70 bits per heavy atom. The molecule has 30 heavy (non-hydrogen) atoms. The van der Waals surface area contributed by atoms with Crippen LogP contribution < -0.4 is 10.6 Å². The Kier molecular flexibility index (Phi) is 7.45. The zero-order valence-corrected chi connectivity index (χ0v) is 17.6. The van der Waals surface area contributed by atoms with Gasteiger partial charge in [-0.05, 0) is 29.6 Å². The molecule has 0 bridgehead atoms. The van der Waals surface area contributed by atoms with Crippen LogP contribution in [0.2, 0.25) is 10.0 Å². The lowest BCUT2D eigenvalue weighted by atomic mass is 10.2. The molecule has 2 N–H and O–H groups in total. The third kappa shape index (κ3) is 6.06. The fourth-order valence-corrected chi connectivity index (χ4v) is 3.40. The van der Waals surface area contributed by atoms with Gasteiger partial charge in [0, 0.05) is 5.02 Å². The van der Waals surface area contributed by atoms with Gasteiger partial charge in [-0.3, -0.25) is 14.4 Å². The van der Waals surface area contributed by atoms with E-state index in [1.807, 2.05) is 17.5 Å². The summed E-state index contributed by atoms with van der Waals surface area (Å²) in [6.07, 6.45) is 1.40. The van der Waals surface area contributed by atoms with Crippen molar-refractivity contribution in [3.8, 4) is 10.8 Å². The zero-order chi connectivity index (χ0) is 21.5. The second kappa shape index (κ2) is 10.2. The van der Waals surface area contributed by atoms with E-state index in [0.29, 0.717) is 16.6 Å². The van der Waals surface area contributed by atoms with E-state index in [1.165, 1.54) is 35.8 Å². The molecule has 0 saturated carbocycles. The molecule has 3 aromatic rings. The fourth-order valence-electron chi connectivity index (χ4n) is 2.25. The third-order valence-electron chi connectivity index (χ3n) is 3.68. The van der Waals surface area contributed by atoms with Crippen molar-refractivity contribution in [1.29, 1.82) is 0 Å². The van der Waals surface area contributed by atoms with E-state index in [2.05, 4.69) is 15.6 Å². The first-order valence-corrected chi connectivity index (χ1v) is 10.2. The van der Waals surface area contributed by atoms with E-state index in [1.54, 1.807) is 0 Å². The van der Waals surface area contributed by atoms with Crippen LogP contribution in [-0.4, -0.2) is 35.9 Å². The van der Waals surface area contributed by atoms with Gasteiger partial charge in [-0.25, -0.2) is 4.98 Å². The van der Waals surface area contributed by atoms with E-state index in [4.69, 9.17) is 32.4 Å². The number of hydrogen-bond donors (Lipinski definition) is 2. The summed E-state index contributed by atoms with van der Waals surface area (Å²) in [5.74, 6) is -1.31. The SMILES string of the molecule is O=C(CNC(=O)c1ccc(Cl)cc1Cl)NCC(=O)OCc1coc(-c2cccs2)n1. The molecule has 0 unspecified atom stereocenters. The number of nitrogens with zero attached hydrogens (tertiary/aromatic N) is 1. The van der Waals surface area contributed by atoms with Crippen LogP contribution in [0.3, 0.4) is 0 Å². The largest absolute Gasteiger partial charge is 0.458 e. The highest BCUT2D eigenvalue weighted by molar-refractivity contribution is 7.13. The molecule has 0 aliphatic rings. The van der Waals surface area contributed by atoms with Gasteiger partial charge in [-0.2, -0.15) is 0 Å². The van der Waals surface area contributed by atoms with Crippen LogP contribution in [0, 0.1) is 0 Å². The molecule has 156 valence electrons. The fraction of sp³-hybridized carbons (Fsp3) is 0.158. The van der Waals surface area contributed by atoms with E-state index < -0.39 is 17.8 Å². The van der Waals surface area contributed by atoms with Gasteiger partial charge in [-0.15, -0.1) is 11.3 Å². The van der Waals surface area contributed by atoms with Gasteiger partial charge in [-0.1, -0.05) is 29.3 Å². The Morgan fingerprint density at radius 1 is 1.13 bits per heavy atom. The quantitative estimate of drug-likeness (QED) is 0.491. The third-order valence-corrected chi connectivity index (χ3v) is 5.09. The minimum absolute atomic E-state index is 0.0879. The maximum Gasteiger partial charge on any atom is 0.325 e. The molecule has 0 radical (unpaired) electrons. The number of halogens is 2. The topological polar surface area (TPSA) is 111 Å². The number of nitrogens with one attached hydrogen (secondary N) is 2. The van der Waals surface area contributed by atoms with Gasteiger partial charge >= 0.3 is 5.97 Å². The van der Waals surface area contributed by atoms with E-state index in [0.717, 1.165) is 4.88 Å². The van der Waals surface area contributed by atoms with Gasteiger partial charge in [0.15, 0.2) is 0 Å². The number of benzene rings is 1. The molecule has 3 rings (SSSR count). The predicted molar refractivity (Wildman–Crippen MR) is 111 cm³/mol. The molecule has 8 nitrogen and oxygen atoms in total. The van der Waals surface area contributed by atoms with Crippen LogP contribution in [0.5, 0.6) is 0 Å². The van der Waals surface area contributed by atoms with Crippen molar-refractivity contribution in [3.63, 3.8) is 0 Å². The molecule has 0 fully saturated rings. The number of amides is 2. The van der Waals surface area contributed by atoms with Gasteiger partial charge in [0.05, 0.1) is 22.0 Å². The van der Waals surface area contributed by atoms with Gasteiger partial charge < -0.3 is 19.8 Å². The number of hydrogen-bond acceptors (Lipinski definition) is 7. The first-order valence-electron chi connectivity index (χ1n) is 8.56. The highest BCUT2D eigenvalue weighted by atomic mass is 35.5. The molecule has 0 aliphatic heterocycles. The molecule has 11 heteroatoms. The minimum Gasteiger partial charge on any atom is -0.458 e. The summed E-state index contributed by atoms with van der Waals surface area (Å²) >= 11 is 13.2. The van der Waals surface area contributed by atoms with Crippen LogP contribution in [0.1, 0.15) is 16.1 Å². The van der Waals surface area contributed by atoms with E-state index in [-0.39, 0.29) is 30.3 Å². The lowest BCUT2D eigenvalue weighted by molar-refractivity contribution is -0.145. The summed E-state index contributed by atoms with van der Waals surface area (Å²) in [4.78, 5) is 40.7. The summed E-state index contributed by atoms with van der Waals surface area (Å²) in [5.41, 5.74) is 0.632. The number of esters is 1. The summed E-state index contributed by atoms with van der Waals surface area (Å²) in [6.45, 7) is -0.778. The lowest BCUT2D eigenvalue weighted by Gasteiger charge is -2.08. The summed E-state index contributed by atoms with van der Waals surface area (Å²) in [5, 5.41) is 7.21. The van der Waals surface area contributed by atoms with Crippen molar-refractivity contribution < 1.29 is 23.5 Å². The minimum atomic E-state index is -0.656. The van der Waals surface area contributed by atoms with E-state index >= 15 is 0 Å². The molecule has 2 amide bonds. The first-order chi connectivity index (χ1) is 14.4. The number of carbonyl (C=O) groups excluding carboxylic acids is 3. The first kappa shape index (κ1) is 21.8. The average Bonchev–Trinajstić information content (AvgIpc) is 3.40. The smallest absolute Gasteiger partial charge is 0.325 e. The van der Waals surface area contributed by atoms with Crippen LogP contribution >= 0.6 is 34.5 Å². The van der Waals surface area contributed by atoms with Crippen molar-refractivity contribution in [1.82, 2.24) is 15.6 Å². The second-order valence-corrected chi connectivity index (χ2v) is 7.66. The molecule has 0 aliphatic carbocycles. The summed E-state index contributed by atoms with van der Waals surface area (Å²) in [6, 6.07) is 8.12. The molecule has 0 spiro atoms.